The Bertz CT molecular complexity index is 624. The maximum Gasteiger partial charge on any atom is 0.251 e. The average Bonchev–Trinajstić information content (AvgIpc) is 2.98. The van der Waals surface area contributed by atoms with Crippen LogP contribution in [0, 0.1) is 0 Å². The summed E-state index contributed by atoms with van der Waals surface area (Å²) in [4.78, 5) is 26.9. The third-order valence-corrected chi connectivity index (χ3v) is 5.69. The SMILES string of the molecule is COc1ccc(C(=O)NCC(=O)NC2CCN(C3CCCCCC3)C2)cc1. The van der Waals surface area contributed by atoms with Gasteiger partial charge in [-0.1, -0.05) is 25.7 Å². The van der Waals surface area contributed by atoms with Crippen molar-refractivity contribution >= 4 is 11.8 Å². The summed E-state index contributed by atoms with van der Waals surface area (Å²) in [6.45, 7) is 2.00. The predicted molar refractivity (Wildman–Crippen MR) is 105 cm³/mol. The van der Waals surface area contributed by atoms with Gasteiger partial charge in [0.05, 0.1) is 13.7 Å². The minimum absolute atomic E-state index is 0.00475. The number of hydrogen-bond acceptors (Lipinski definition) is 4. The number of rotatable bonds is 6. The van der Waals surface area contributed by atoms with Gasteiger partial charge in [0, 0.05) is 30.7 Å². The summed E-state index contributed by atoms with van der Waals surface area (Å²) < 4.78 is 5.08. The lowest BCUT2D eigenvalue weighted by Crippen LogP contribution is -2.44. The molecule has 1 atom stereocenters. The molecule has 2 fully saturated rings. The fraction of sp³-hybridized carbons (Fsp3) is 0.619. The number of ether oxygens (including phenoxy) is 1. The van der Waals surface area contributed by atoms with E-state index in [0.717, 1.165) is 19.5 Å². The molecule has 6 nitrogen and oxygen atoms in total. The van der Waals surface area contributed by atoms with Crippen LogP contribution in [0.5, 0.6) is 5.75 Å². The number of benzene rings is 1. The number of hydrogen-bond donors (Lipinski definition) is 2. The molecular weight excluding hydrogens is 342 g/mol. The fourth-order valence-electron chi connectivity index (χ4n) is 4.14. The molecule has 1 aliphatic heterocycles. The zero-order chi connectivity index (χ0) is 19.1. The van der Waals surface area contributed by atoms with E-state index >= 15 is 0 Å². The number of nitrogens with one attached hydrogen (secondary N) is 2. The van der Waals surface area contributed by atoms with Gasteiger partial charge in [0.1, 0.15) is 5.75 Å². The molecule has 1 aliphatic carbocycles. The first-order chi connectivity index (χ1) is 13.2. The van der Waals surface area contributed by atoms with Crippen LogP contribution in [0.15, 0.2) is 24.3 Å². The van der Waals surface area contributed by atoms with Crippen molar-refractivity contribution in [2.24, 2.45) is 0 Å². The van der Waals surface area contributed by atoms with Crippen LogP contribution in [0.3, 0.4) is 0 Å². The van der Waals surface area contributed by atoms with Crippen molar-refractivity contribution in [3.05, 3.63) is 29.8 Å². The third kappa shape index (κ3) is 5.70. The second kappa shape index (κ2) is 9.74. The topological polar surface area (TPSA) is 70.7 Å². The molecule has 2 N–H and O–H groups in total. The first-order valence-electron chi connectivity index (χ1n) is 10.1. The summed E-state index contributed by atoms with van der Waals surface area (Å²) in [6.07, 6.45) is 8.95. The van der Waals surface area contributed by atoms with E-state index in [9.17, 15) is 9.59 Å². The molecule has 1 aromatic rings. The largest absolute Gasteiger partial charge is 0.497 e. The molecule has 3 rings (SSSR count). The summed E-state index contributed by atoms with van der Waals surface area (Å²) in [5.74, 6) is 0.327. The van der Waals surface area contributed by atoms with E-state index in [-0.39, 0.29) is 24.4 Å². The second-order valence-electron chi connectivity index (χ2n) is 7.60. The van der Waals surface area contributed by atoms with Crippen LogP contribution in [0.25, 0.3) is 0 Å². The van der Waals surface area contributed by atoms with Gasteiger partial charge >= 0.3 is 0 Å². The van der Waals surface area contributed by atoms with Crippen molar-refractivity contribution < 1.29 is 14.3 Å². The highest BCUT2D eigenvalue weighted by atomic mass is 16.5. The smallest absolute Gasteiger partial charge is 0.251 e. The molecule has 1 saturated carbocycles. The van der Waals surface area contributed by atoms with Gasteiger partial charge in [-0.15, -0.1) is 0 Å². The molecule has 148 valence electrons. The van der Waals surface area contributed by atoms with Gasteiger partial charge < -0.3 is 15.4 Å². The molecule has 1 aromatic carbocycles. The van der Waals surface area contributed by atoms with E-state index in [1.54, 1.807) is 31.4 Å². The first-order valence-corrected chi connectivity index (χ1v) is 10.1. The molecule has 2 aliphatic rings. The lowest BCUT2D eigenvalue weighted by atomic mass is 10.1. The zero-order valence-corrected chi connectivity index (χ0v) is 16.2. The quantitative estimate of drug-likeness (QED) is 0.751. The van der Waals surface area contributed by atoms with Crippen LogP contribution in [0.4, 0.5) is 0 Å². The van der Waals surface area contributed by atoms with E-state index in [2.05, 4.69) is 15.5 Å². The van der Waals surface area contributed by atoms with Crippen LogP contribution in [-0.2, 0) is 4.79 Å². The Morgan fingerprint density at radius 1 is 1.07 bits per heavy atom. The van der Waals surface area contributed by atoms with Crippen molar-refractivity contribution in [2.45, 2.75) is 57.0 Å². The van der Waals surface area contributed by atoms with Crippen LogP contribution < -0.4 is 15.4 Å². The lowest BCUT2D eigenvalue weighted by molar-refractivity contribution is -0.120. The molecule has 2 amide bonds. The van der Waals surface area contributed by atoms with E-state index in [0.29, 0.717) is 17.4 Å². The standard InChI is InChI=1S/C21H31N3O3/c1-27-19-10-8-16(9-11-19)21(26)22-14-20(25)23-17-12-13-24(15-17)18-6-4-2-3-5-7-18/h8-11,17-18H,2-7,12-15H2,1H3,(H,22,26)(H,23,25). The molecule has 0 aromatic heterocycles. The van der Waals surface area contributed by atoms with Crippen LogP contribution in [-0.4, -0.2) is 55.5 Å². The van der Waals surface area contributed by atoms with Crippen molar-refractivity contribution in [1.82, 2.24) is 15.5 Å². The van der Waals surface area contributed by atoms with E-state index < -0.39 is 0 Å². The number of methoxy groups -OCH3 is 1. The Hall–Kier alpha value is -2.08. The molecule has 0 bridgehead atoms. The number of nitrogens with zero attached hydrogens (tertiary/aromatic N) is 1. The highest BCUT2D eigenvalue weighted by Gasteiger charge is 2.29. The van der Waals surface area contributed by atoms with Crippen molar-refractivity contribution in [2.75, 3.05) is 26.7 Å². The number of carbonyl (C=O) groups excluding carboxylic acids is 2. The number of likely N-dealkylation sites (tertiary alicyclic amines) is 1. The predicted octanol–water partition coefficient (Wildman–Crippen LogP) is 2.34. The minimum Gasteiger partial charge on any atom is -0.497 e. The van der Waals surface area contributed by atoms with E-state index in [1.807, 2.05) is 0 Å². The zero-order valence-electron chi connectivity index (χ0n) is 16.2. The molecule has 6 heteroatoms. The van der Waals surface area contributed by atoms with E-state index in [1.165, 1.54) is 38.5 Å². The Balaban J connectivity index is 1.39. The number of amides is 2. The van der Waals surface area contributed by atoms with Gasteiger partial charge in [-0.05, 0) is 43.5 Å². The van der Waals surface area contributed by atoms with Gasteiger partial charge in [0.25, 0.3) is 5.91 Å². The van der Waals surface area contributed by atoms with Gasteiger partial charge in [-0.25, -0.2) is 0 Å². The summed E-state index contributed by atoms with van der Waals surface area (Å²) >= 11 is 0. The summed E-state index contributed by atoms with van der Waals surface area (Å²) in [6, 6.07) is 7.72. The van der Waals surface area contributed by atoms with Gasteiger partial charge in [-0.2, -0.15) is 0 Å². The maximum atomic E-state index is 12.2. The summed E-state index contributed by atoms with van der Waals surface area (Å²) in [5.41, 5.74) is 0.518. The Morgan fingerprint density at radius 3 is 2.44 bits per heavy atom. The average molecular weight is 373 g/mol. The van der Waals surface area contributed by atoms with Crippen molar-refractivity contribution in [3.8, 4) is 5.75 Å². The molecule has 27 heavy (non-hydrogen) atoms. The van der Waals surface area contributed by atoms with Crippen LogP contribution in [0.1, 0.15) is 55.3 Å². The number of carbonyl (C=O) groups is 2. The molecule has 1 heterocycles. The van der Waals surface area contributed by atoms with E-state index in [4.69, 9.17) is 4.74 Å². The molecular formula is C21H31N3O3. The Kier molecular flexibility index (Phi) is 7.10. The lowest BCUT2D eigenvalue weighted by Gasteiger charge is -2.26. The molecule has 0 spiro atoms. The normalized spacial score (nSPS) is 21.4. The van der Waals surface area contributed by atoms with Crippen LogP contribution in [0.2, 0.25) is 0 Å². The monoisotopic (exact) mass is 373 g/mol. The molecule has 1 unspecified atom stereocenters. The Labute approximate surface area is 161 Å². The maximum absolute atomic E-state index is 12.2. The highest BCUT2D eigenvalue weighted by Crippen LogP contribution is 2.25. The molecule has 0 radical (unpaired) electrons. The summed E-state index contributed by atoms with van der Waals surface area (Å²) in [5, 5.41) is 5.76. The highest BCUT2D eigenvalue weighted by molar-refractivity contribution is 5.96. The molecule has 1 saturated heterocycles. The van der Waals surface area contributed by atoms with Gasteiger partial charge in [-0.3, -0.25) is 14.5 Å². The van der Waals surface area contributed by atoms with Gasteiger partial charge in [0.2, 0.25) is 5.91 Å². The van der Waals surface area contributed by atoms with Crippen molar-refractivity contribution in [3.63, 3.8) is 0 Å². The fourth-order valence-corrected chi connectivity index (χ4v) is 4.14. The second-order valence-corrected chi connectivity index (χ2v) is 7.60. The van der Waals surface area contributed by atoms with Crippen molar-refractivity contribution in [1.29, 1.82) is 0 Å². The first kappa shape index (κ1) is 19.7. The van der Waals surface area contributed by atoms with Gasteiger partial charge in [0.15, 0.2) is 0 Å². The van der Waals surface area contributed by atoms with Crippen LogP contribution >= 0.6 is 0 Å². The summed E-state index contributed by atoms with van der Waals surface area (Å²) in [7, 11) is 1.58. The minimum atomic E-state index is -0.251. The Morgan fingerprint density at radius 2 is 1.78 bits per heavy atom. The third-order valence-electron chi connectivity index (χ3n) is 5.69.